The van der Waals surface area contributed by atoms with Crippen LogP contribution in [-0.4, -0.2) is 55.1 Å². The molecule has 5 nitrogen and oxygen atoms in total. The number of carboxylic acids is 1. The number of carboxylic acid groups (broad SMARTS) is 1. The van der Waals surface area contributed by atoms with Crippen molar-refractivity contribution in [2.75, 3.05) is 27.3 Å². The number of rotatable bonds is 5. The lowest BCUT2D eigenvalue weighted by atomic mass is 10.0. The monoisotopic (exact) mass is 213 g/mol. The normalized spacial score (nSPS) is 21.4. The van der Waals surface area contributed by atoms with Crippen LogP contribution in [0.4, 0.5) is 0 Å². The molecule has 1 unspecified atom stereocenters. The summed E-state index contributed by atoms with van der Waals surface area (Å²) in [5.74, 6) is 0.785. The quantitative estimate of drug-likeness (QED) is 0.505. The van der Waals surface area contributed by atoms with E-state index in [9.17, 15) is 4.79 Å². The van der Waals surface area contributed by atoms with Crippen molar-refractivity contribution >= 4 is 5.97 Å². The van der Waals surface area contributed by atoms with Gasteiger partial charge < -0.3 is 14.6 Å². The molecular weight excluding hydrogens is 198 g/mol. The number of terminal acetylenes is 1. The van der Waals surface area contributed by atoms with E-state index in [0.717, 1.165) is 0 Å². The number of nitrogens with zero attached hydrogens (tertiary/aromatic N) is 1. The molecular formula is C10H15NO4. The fraction of sp³-hybridized carbons (Fsp3) is 0.700. The zero-order valence-electron chi connectivity index (χ0n) is 8.90. The van der Waals surface area contributed by atoms with Gasteiger partial charge in [-0.15, -0.1) is 12.3 Å². The Morgan fingerprint density at radius 2 is 2.13 bits per heavy atom. The highest BCUT2D eigenvalue weighted by Gasteiger charge is 2.48. The second-order valence-electron chi connectivity index (χ2n) is 3.49. The second kappa shape index (κ2) is 4.62. The minimum atomic E-state index is -0.909. The predicted octanol–water partition coefficient (Wildman–Crippen LogP) is -0.232. The third kappa shape index (κ3) is 2.29. The van der Waals surface area contributed by atoms with Gasteiger partial charge >= 0.3 is 5.97 Å². The molecule has 1 aliphatic heterocycles. The van der Waals surface area contributed by atoms with Crippen LogP contribution in [0.15, 0.2) is 0 Å². The third-order valence-corrected chi connectivity index (χ3v) is 2.67. The number of aliphatic carboxylic acids is 1. The summed E-state index contributed by atoms with van der Waals surface area (Å²) in [7, 11) is 3.08. The number of methoxy groups -OCH3 is 2. The van der Waals surface area contributed by atoms with Crippen LogP contribution in [0, 0.1) is 12.3 Å². The maximum absolute atomic E-state index is 10.9. The minimum absolute atomic E-state index is 0.193. The first-order chi connectivity index (χ1) is 7.08. The predicted molar refractivity (Wildman–Crippen MR) is 53.2 cm³/mol. The summed E-state index contributed by atoms with van der Waals surface area (Å²) in [6.45, 7) is 0.858. The summed E-state index contributed by atoms with van der Waals surface area (Å²) in [5.41, 5.74) is 0. The van der Waals surface area contributed by atoms with E-state index in [-0.39, 0.29) is 6.42 Å². The van der Waals surface area contributed by atoms with Gasteiger partial charge in [-0.2, -0.15) is 0 Å². The van der Waals surface area contributed by atoms with Gasteiger partial charge in [0.25, 0.3) is 0 Å². The van der Waals surface area contributed by atoms with Crippen LogP contribution in [0.3, 0.4) is 0 Å². The molecule has 1 fully saturated rings. The Bertz CT molecular complexity index is 272. The van der Waals surface area contributed by atoms with Gasteiger partial charge in [0.15, 0.2) is 5.79 Å². The molecule has 1 N–H and O–H groups in total. The van der Waals surface area contributed by atoms with Crippen molar-refractivity contribution < 1.29 is 19.4 Å². The van der Waals surface area contributed by atoms with Gasteiger partial charge in [-0.05, 0) is 0 Å². The van der Waals surface area contributed by atoms with Gasteiger partial charge in [-0.25, -0.2) is 0 Å². The Morgan fingerprint density at radius 1 is 1.60 bits per heavy atom. The SMILES string of the molecule is C#CCC(C(=O)O)N1CC(OC)(OC)C1. The lowest BCUT2D eigenvalue weighted by Crippen LogP contribution is -2.67. The van der Waals surface area contributed by atoms with Crippen molar-refractivity contribution in [2.24, 2.45) is 0 Å². The van der Waals surface area contributed by atoms with E-state index >= 15 is 0 Å². The Balaban J connectivity index is 2.55. The first kappa shape index (κ1) is 12.0. The number of carbonyl (C=O) groups is 1. The fourth-order valence-electron chi connectivity index (χ4n) is 1.62. The van der Waals surface area contributed by atoms with E-state index < -0.39 is 17.8 Å². The fourth-order valence-corrected chi connectivity index (χ4v) is 1.62. The molecule has 0 aromatic rings. The van der Waals surface area contributed by atoms with Crippen molar-refractivity contribution in [1.82, 2.24) is 4.90 Å². The molecule has 1 saturated heterocycles. The number of hydrogen-bond donors (Lipinski definition) is 1. The summed E-state index contributed by atoms with van der Waals surface area (Å²) >= 11 is 0. The summed E-state index contributed by atoms with van der Waals surface area (Å²) in [6, 6.07) is -0.645. The van der Waals surface area contributed by atoms with Crippen molar-refractivity contribution in [1.29, 1.82) is 0 Å². The number of ether oxygens (including phenoxy) is 2. The van der Waals surface area contributed by atoms with Gasteiger partial charge in [0, 0.05) is 20.6 Å². The molecule has 0 aromatic carbocycles. The van der Waals surface area contributed by atoms with Crippen LogP contribution >= 0.6 is 0 Å². The van der Waals surface area contributed by atoms with E-state index in [1.165, 1.54) is 14.2 Å². The van der Waals surface area contributed by atoms with E-state index in [4.69, 9.17) is 21.0 Å². The number of likely N-dealkylation sites (tertiary alicyclic amines) is 1. The molecule has 0 aliphatic carbocycles. The van der Waals surface area contributed by atoms with Crippen molar-refractivity contribution in [2.45, 2.75) is 18.2 Å². The molecule has 0 spiro atoms. The van der Waals surface area contributed by atoms with Crippen LogP contribution in [0.5, 0.6) is 0 Å². The van der Waals surface area contributed by atoms with Gasteiger partial charge in [0.05, 0.1) is 13.1 Å². The molecule has 84 valence electrons. The second-order valence-corrected chi connectivity index (χ2v) is 3.49. The topological polar surface area (TPSA) is 59.0 Å². The molecule has 1 rings (SSSR count). The average Bonchev–Trinajstić information content (AvgIpc) is 2.15. The summed E-state index contributed by atoms with van der Waals surface area (Å²) in [5, 5.41) is 8.94. The first-order valence-electron chi connectivity index (χ1n) is 4.59. The molecule has 1 aliphatic rings. The summed E-state index contributed by atoms with van der Waals surface area (Å²) in [4.78, 5) is 12.6. The molecule has 0 aromatic heterocycles. The molecule has 1 atom stereocenters. The number of hydrogen-bond acceptors (Lipinski definition) is 4. The Labute approximate surface area is 89.0 Å². The zero-order valence-corrected chi connectivity index (χ0v) is 8.90. The first-order valence-corrected chi connectivity index (χ1v) is 4.59. The van der Waals surface area contributed by atoms with E-state index in [1.807, 2.05) is 0 Å². The van der Waals surface area contributed by atoms with Crippen LogP contribution in [-0.2, 0) is 14.3 Å². The highest BCUT2D eigenvalue weighted by Crippen LogP contribution is 2.28. The molecule has 0 saturated carbocycles. The largest absolute Gasteiger partial charge is 0.480 e. The smallest absolute Gasteiger partial charge is 0.321 e. The molecule has 5 heteroatoms. The molecule has 1 heterocycles. The average molecular weight is 213 g/mol. The van der Waals surface area contributed by atoms with Gasteiger partial charge in [0.1, 0.15) is 6.04 Å². The van der Waals surface area contributed by atoms with Gasteiger partial charge in [-0.1, -0.05) is 0 Å². The highest BCUT2D eigenvalue weighted by molar-refractivity contribution is 5.74. The maximum Gasteiger partial charge on any atom is 0.321 e. The Hall–Kier alpha value is -1.09. The standard InChI is InChI=1S/C10H15NO4/c1-4-5-8(9(12)13)11-6-10(7-11,14-2)15-3/h1,8H,5-7H2,2-3H3,(H,12,13). The van der Waals surface area contributed by atoms with Gasteiger partial charge in [0.2, 0.25) is 0 Å². The van der Waals surface area contributed by atoms with Crippen LogP contribution < -0.4 is 0 Å². The maximum atomic E-state index is 10.9. The van der Waals surface area contributed by atoms with Gasteiger partial charge in [-0.3, -0.25) is 9.69 Å². The van der Waals surface area contributed by atoms with Crippen molar-refractivity contribution in [3.63, 3.8) is 0 Å². The van der Waals surface area contributed by atoms with Crippen molar-refractivity contribution in [3.05, 3.63) is 0 Å². The lowest BCUT2D eigenvalue weighted by Gasteiger charge is -2.49. The molecule has 0 radical (unpaired) electrons. The Kier molecular flexibility index (Phi) is 3.69. The van der Waals surface area contributed by atoms with E-state index in [0.29, 0.717) is 13.1 Å². The Morgan fingerprint density at radius 3 is 2.47 bits per heavy atom. The molecule has 15 heavy (non-hydrogen) atoms. The van der Waals surface area contributed by atoms with E-state index in [1.54, 1.807) is 4.90 Å². The summed E-state index contributed by atoms with van der Waals surface area (Å²) < 4.78 is 10.3. The van der Waals surface area contributed by atoms with Crippen LogP contribution in [0.1, 0.15) is 6.42 Å². The van der Waals surface area contributed by atoms with Crippen LogP contribution in [0.25, 0.3) is 0 Å². The van der Waals surface area contributed by atoms with Crippen molar-refractivity contribution in [3.8, 4) is 12.3 Å². The van der Waals surface area contributed by atoms with Crippen LogP contribution in [0.2, 0.25) is 0 Å². The molecule has 0 amide bonds. The zero-order chi connectivity index (χ0) is 11.5. The van der Waals surface area contributed by atoms with E-state index in [2.05, 4.69) is 5.92 Å². The molecule has 0 bridgehead atoms. The third-order valence-electron chi connectivity index (χ3n) is 2.67. The highest BCUT2D eigenvalue weighted by atomic mass is 16.7. The minimum Gasteiger partial charge on any atom is -0.480 e. The summed E-state index contributed by atoms with van der Waals surface area (Å²) in [6.07, 6.45) is 5.31. The lowest BCUT2D eigenvalue weighted by molar-refractivity contribution is -0.281.